The molecule has 2 N–H and O–H groups in total. The number of fused-ring (bicyclic) bond motifs is 1. The Labute approximate surface area is 128 Å². The van der Waals surface area contributed by atoms with Crippen LogP contribution in [0.3, 0.4) is 0 Å². The second kappa shape index (κ2) is 6.43. The summed E-state index contributed by atoms with van der Waals surface area (Å²) in [6.45, 7) is 2.61. The van der Waals surface area contributed by atoms with Crippen molar-refractivity contribution in [3.63, 3.8) is 0 Å². The molecule has 0 fully saturated rings. The lowest BCUT2D eigenvalue weighted by molar-refractivity contribution is 0.174. The smallest absolute Gasteiger partial charge is 0.315 e. The Bertz CT molecular complexity index is 640. The van der Waals surface area contributed by atoms with Crippen molar-refractivity contribution in [1.29, 1.82) is 0 Å². The number of ether oxygens (including phenoxy) is 2. The molecule has 3 rings (SSSR count). The maximum atomic E-state index is 11.9. The highest BCUT2D eigenvalue weighted by Crippen LogP contribution is 2.32. The Hall–Kier alpha value is -2.63. The quantitative estimate of drug-likeness (QED) is 0.890. The van der Waals surface area contributed by atoms with Crippen LogP contribution in [0.2, 0.25) is 0 Å². The van der Waals surface area contributed by atoms with Gasteiger partial charge in [-0.25, -0.2) is 4.79 Å². The molecule has 6 heteroatoms. The van der Waals surface area contributed by atoms with E-state index in [0.29, 0.717) is 18.7 Å². The SMILES string of the molecule is CC(Cc1ccco1)NC(=O)NCc1ccc2c(c1)OCO2. The summed E-state index contributed by atoms with van der Waals surface area (Å²) in [7, 11) is 0. The van der Waals surface area contributed by atoms with Gasteiger partial charge >= 0.3 is 6.03 Å². The lowest BCUT2D eigenvalue weighted by atomic mass is 10.2. The zero-order chi connectivity index (χ0) is 15.4. The molecule has 1 aromatic heterocycles. The van der Waals surface area contributed by atoms with Gasteiger partial charge in [0.2, 0.25) is 6.79 Å². The molecule has 0 aliphatic carbocycles. The fraction of sp³-hybridized carbons (Fsp3) is 0.312. The molecule has 2 amide bonds. The van der Waals surface area contributed by atoms with Crippen LogP contribution in [-0.4, -0.2) is 18.9 Å². The van der Waals surface area contributed by atoms with Gasteiger partial charge in [0, 0.05) is 19.0 Å². The Kier molecular flexibility index (Phi) is 4.18. The van der Waals surface area contributed by atoms with E-state index in [4.69, 9.17) is 13.9 Å². The highest BCUT2D eigenvalue weighted by Gasteiger charge is 2.14. The molecule has 0 radical (unpaired) electrons. The monoisotopic (exact) mass is 302 g/mol. The molecule has 0 saturated carbocycles. The van der Waals surface area contributed by atoms with Crippen LogP contribution in [0, 0.1) is 0 Å². The highest BCUT2D eigenvalue weighted by atomic mass is 16.7. The number of urea groups is 1. The molecule has 1 atom stereocenters. The van der Waals surface area contributed by atoms with Crippen LogP contribution in [0.5, 0.6) is 11.5 Å². The molecule has 1 unspecified atom stereocenters. The summed E-state index contributed by atoms with van der Waals surface area (Å²) in [5, 5.41) is 5.70. The van der Waals surface area contributed by atoms with Crippen LogP contribution in [-0.2, 0) is 13.0 Å². The Morgan fingerprint density at radius 3 is 2.95 bits per heavy atom. The molecule has 2 aromatic rings. The van der Waals surface area contributed by atoms with E-state index in [-0.39, 0.29) is 18.9 Å². The summed E-state index contributed by atoms with van der Waals surface area (Å²) in [6, 6.07) is 9.12. The maximum Gasteiger partial charge on any atom is 0.315 e. The standard InChI is InChI=1S/C16H18N2O4/c1-11(7-13-3-2-6-20-13)18-16(19)17-9-12-4-5-14-15(8-12)22-10-21-14/h2-6,8,11H,7,9-10H2,1H3,(H2,17,18,19). The van der Waals surface area contributed by atoms with Crippen molar-refractivity contribution in [1.82, 2.24) is 10.6 Å². The Morgan fingerprint density at radius 2 is 2.14 bits per heavy atom. The van der Waals surface area contributed by atoms with Gasteiger partial charge in [-0.1, -0.05) is 6.07 Å². The van der Waals surface area contributed by atoms with Gasteiger partial charge in [0.25, 0.3) is 0 Å². The van der Waals surface area contributed by atoms with E-state index in [1.54, 1.807) is 6.26 Å². The second-order valence-corrected chi connectivity index (χ2v) is 5.20. The van der Waals surface area contributed by atoms with Crippen LogP contribution in [0.15, 0.2) is 41.0 Å². The fourth-order valence-electron chi connectivity index (χ4n) is 2.29. The Morgan fingerprint density at radius 1 is 1.27 bits per heavy atom. The lowest BCUT2D eigenvalue weighted by Crippen LogP contribution is -2.41. The molecule has 0 spiro atoms. The van der Waals surface area contributed by atoms with Crippen LogP contribution in [0.25, 0.3) is 0 Å². The maximum absolute atomic E-state index is 11.9. The number of carbonyl (C=O) groups excluding carboxylic acids is 1. The predicted octanol–water partition coefficient (Wildman–Crippen LogP) is 2.44. The van der Waals surface area contributed by atoms with Gasteiger partial charge in [0.1, 0.15) is 5.76 Å². The van der Waals surface area contributed by atoms with Gasteiger partial charge in [-0.2, -0.15) is 0 Å². The number of furan rings is 1. The van der Waals surface area contributed by atoms with Gasteiger partial charge in [-0.15, -0.1) is 0 Å². The molecule has 2 heterocycles. The van der Waals surface area contributed by atoms with Crippen molar-refractivity contribution in [2.24, 2.45) is 0 Å². The molecule has 22 heavy (non-hydrogen) atoms. The van der Waals surface area contributed by atoms with E-state index in [0.717, 1.165) is 17.1 Å². The molecule has 0 bridgehead atoms. The predicted molar refractivity (Wildman–Crippen MR) is 79.8 cm³/mol. The number of hydrogen-bond acceptors (Lipinski definition) is 4. The summed E-state index contributed by atoms with van der Waals surface area (Å²) in [5.41, 5.74) is 0.957. The zero-order valence-electron chi connectivity index (χ0n) is 12.3. The average molecular weight is 302 g/mol. The first-order valence-corrected chi connectivity index (χ1v) is 7.16. The second-order valence-electron chi connectivity index (χ2n) is 5.20. The van der Waals surface area contributed by atoms with Crippen molar-refractivity contribution in [3.8, 4) is 11.5 Å². The van der Waals surface area contributed by atoms with E-state index in [1.165, 1.54) is 0 Å². The number of hydrogen-bond donors (Lipinski definition) is 2. The number of carbonyl (C=O) groups is 1. The molecule has 6 nitrogen and oxygen atoms in total. The van der Waals surface area contributed by atoms with Crippen molar-refractivity contribution >= 4 is 6.03 Å². The molecule has 1 aliphatic heterocycles. The molecule has 116 valence electrons. The summed E-state index contributed by atoms with van der Waals surface area (Å²) in [6.07, 6.45) is 2.28. The van der Waals surface area contributed by atoms with Crippen molar-refractivity contribution < 1.29 is 18.7 Å². The van der Waals surface area contributed by atoms with Crippen LogP contribution < -0.4 is 20.1 Å². The third kappa shape index (κ3) is 3.52. The first-order chi connectivity index (χ1) is 10.7. The summed E-state index contributed by atoms with van der Waals surface area (Å²) in [4.78, 5) is 11.9. The molecule has 1 aliphatic rings. The topological polar surface area (TPSA) is 72.7 Å². The van der Waals surface area contributed by atoms with Gasteiger partial charge in [0.15, 0.2) is 11.5 Å². The van der Waals surface area contributed by atoms with Gasteiger partial charge in [-0.3, -0.25) is 0 Å². The minimum atomic E-state index is -0.211. The first kappa shape index (κ1) is 14.3. The Balaban J connectivity index is 1.46. The number of nitrogens with one attached hydrogen (secondary N) is 2. The summed E-state index contributed by atoms with van der Waals surface area (Å²) >= 11 is 0. The molecular weight excluding hydrogens is 284 g/mol. The lowest BCUT2D eigenvalue weighted by Gasteiger charge is -2.13. The minimum Gasteiger partial charge on any atom is -0.469 e. The van der Waals surface area contributed by atoms with Crippen LogP contribution in [0.1, 0.15) is 18.2 Å². The van der Waals surface area contributed by atoms with Gasteiger partial charge in [-0.05, 0) is 36.8 Å². The van der Waals surface area contributed by atoms with Gasteiger partial charge < -0.3 is 24.5 Å². The average Bonchev–Trinajstić information content (AvgIpc) is 3.15. The number of rotatable bonds is 5. The normalized spacial score (nSPS) is 13.7. The molecule has 0 saturated heterocycles. The van der Waals surface area contributed by atoms with Crippen LogP contribution >= 0.6 is 0 Å². The van der Waals surface area contributed by atoms with E-state index in [2.05, 4.69) is 10.6 Å². The largest absolute Gasteiger partial charge is 0.469 e. The van der Waals surface area contributed by atoms with Crippen molar-refractivity contribution in [2.75, 3.05) is 6.79 Å². The first-order valence-electron chi connectivity index (χ1n) is 7.16. The number of benzene rings is 1. The number of amides is 2. The van der Waals surface area contributed by atoms with Crippen molar-refractivity contribution in [2.45, 2.75) is 25.9 Å². The molecular formula is C16H18N2O4. The van der Waals surface area contributed by atoms with Crippen LogP contribution in [0.4, 0.5) is 4.79 Å². The third-order valence-corrected chi connectivity index (χ3v) is 3.36. The van der Waals surface area contributed by atoms with E-state index < -0.39 is 0 Å². The fourth-order valence-corrected chi connectivity index (χ4v) is 2.29. The summed E-state index contributed by atoms with van der Waals surface area (Å²) in [5.74, 6) is 2.30. The van der Waals surface area contributed by atoms with E-state index >= 15 is 0 Å². The van der Waals surface area contributed by atoms with E-state index in [9.17, 15) is 4.79 Å². The minimum absolute atomic E-state index is 0.0112. The highest BCUT2D eigenvalue weighted by molar-refractivity contribution is 5.74. The third-order valence-electron chi connectivity index (χ3n) is 3.36. The summed E-state index contributed by atoms with van der Waals surface area (Å²) < 4.78 is 15.8. The van der Waals surface area contributed by atoms with Crippen molar-refractivity contribution in [3.05, 3.63) is 47.9 Å². The van der Waals surface area contributed by atoms with Gasteiger partial charge in [0.05, 0.1) is 6.26 Å². The molecule has 1 aromatic carbocycles. The zero-order valence-corrected chi connectivity index (χ0v) is 12.3. The van der Waals surface area contributed by atoms with E-state index in [1.807, 2.05) is 37.3 Å².